The van der Waals surface area contributed by atoms with Gasteiger partial charge in [0.1, 0.15) is 4.21 Å². The van der Waals surface area contributed by atoms with Gasteiger partial charge in [0.2, 0.25) is 5.91 Å². The van der Waals surface area contributed by atoms with Crippen molar-refractivity contribution in [3.05, 3.63) is 17.0 Å². The van der Waals surface area contributed by atoms with Crippen LogP contribution in [0.5, 0.6) is 0 Å². The number of amides is 1. The van der Waals surface area contributed by atoms with Crippen molar-refractivity contribution in [2.24, 2.45) is 11.8 Å². The lowest BCUT2D eigenvalue weighted by Gasteiger charge is -2.16. The maximum absolute atomic E-state index is 12.7. The Labute approximate surface area is 147 Å². The highest BCUT2D eigenvalue weighted by molar-refractivity contribution is 7.91. The molecule has 1 amide bonds. The van der Waals surface area contributed by atoms with Gasteiger partial charge in [0.25, 0.3) is 10.0 Å². The first kappa shape index (κ1) is 18.7. The molecule has 0 aliphatic carbocycles. The summed E-state index contributed by atoms with van der Waals surface area (Å²) in [5, 5.41) is 6.04. The zero-order chi connectivity index (χ0) is 15.7. The van der Waals surface area contributed by atoms with Crippen LogP contribution in [-0.4, -0.2) is 51.4 Å². The molecule has 2 atom stereocenters. The average Bonchev–Trinajstić information content (AvgIpc) is 3.13. The number of fused-ring (bicyclic) bond motifs is 1. The number of sulfonamides is 1. The van der Waals surface area contributed by atoms with Crippen molar-refractivity contribution >= 4 is 39.7 Å². The molecule has 6 nitrogen and oxygen atoms in total. The Balaban J connectivity index is 0.00000192. The third-order valence-electron chi connectivity index (χ3n) is 4.33. The minimum atomic E-state index is -3.36. The Morgan fingerprint density at radius 3 is 2.61 bits per heavy atom. The summed E-state index contributed by atoms with van der Waals surface area (Å²) in [5.74, 6) is 0.838. The van der Waals surface area contributed by atoms with Gasteiger partial charge in [-0.15, -0.1) is 23.7 Å². The molecule has 2 aliphatic heterocycles. The van der Waals surface area contributed by atoms with Crippen LogP contribution in [0.1, 0.15) is 11.8 Å². The topological polar surface area (TPSA) is 78.5 Å². The summed E-state index contributed by atoms with van der Waals surface area (Å²) in [4.78, 5) is 11.8. The molecule has 1 aromatic rings. The molecule has 9 heteroatoms. The first-order valence-electron chi connectivity index (χ1n) is 7.51. The second-order valence-electron chi connectivity index (χ2n) is 5.95. The van der Waals surface area contributed by atoms with Crippen LogP contribution in [0.2, 0.25) is 0 Å². The Kier molecular flexibility index (Phi) is 6.07. The Bertz CT molecular complexity index is 650. The molecule has 0 spiro atoms. The summed E-state index contributed by atoms with van der Waals surface area (Å²) in [6.07, 6.45) is 0.662. The monoisotopic (exact) mass is 379 g/mol. The number of hydrogen-bond donors (Lipinski definition) is 2. The molecule has 2 aliphatic rings. The van der Waals surface area contributed by atoms with Crippen LogP contribution in [0.25, 0.3) is 0 Å². The zero-order valence-electron chi connectivity index (χ0n) is 12.9. The Hall–Kier alpha value is -0.670. The predicted octanol–water partition coefficient (Wildman–Crippen LogP) is 0.688. The quantitative estimate of drug-likeness (QED) is 0.789. The molecule has 0 aromatic carbocycles. The van der Waals surface area contributed by atoms with Crippen LogP contribution in [-0.2, 0) is 21.2 Å². The van der Waals surface area contributed by atoms with Crippen molar-refractivity contribution < 1.29 is 13.2 Å². The van der Waals surface area contributed by atoms with Crippen molar-refractivity contribution in [1.82, 2.24) is 14.9 Å². The third-order valence-corrected chi connectivity index (χ3v) is 7.78. The number of thiophene rings is 1. The van der Waals surface area contributed by atoms with Crippen LogP contribution in [0.4, 0.5) is 0 Å². The van der Waals surface area contributed by atoms with Crippen LogP contribution in [0.15, 0.2) is 16.3 Å². The average molecular weight is 380 g/mol. The molecule has 3 heterocycles. The summed E-state index contributed by atoms with van der Waals surface area (Å²) in [6, 6.07) is 3.53. The number of nitrogens with one attached hydrogen (secondary N) is 2. The first-order chi connectivity index (χ1) is 10.5. The molecule has 1 aromatic heterocycles. The molecule has 0 unspecified atom stereocenters. The van der Waals surface area contributed by atoms with Crippen LogP contribution in [0.3, 0.4) is 0 Å². The molecule has 2 fully saturated rings. The van der Waals surface area contributed by atoms with Crippen molar-refractivity contribution in [1.29, 1.82) is 0 Å². The molecular weight excluding hydrogens is 358 g/mol. The van der Waals surface area contributed by atoms with Gasteiger partial charge in [0.15, 0.2) is 0 Å². The highest BCUT2D eigenvalue weighted by atomic mass is 35.5. The number of hydrogen-bond acceptors (Lipinski definition) is 5. The summed E-state index contributed by atoms with van der Waals surface area (Å²) in [7, 11) is -3.36. The Morgan fingerprint density at radius 2 is 2.00 bits per heavy atom. The van der Waals surface area contributed by atoms with Crippen LogP contribution >= 0.6 is 23.7 Å². The van der Waals surface area contributed by atoms with E-state index in [9.17, 15) is 13.2 Å². The normalized spacial score (nSPS) is 24.2. The van der Waals surface area contributed by atoms with E-state index in [1.807, 2.05) is 6.07 Å². The fraction of sp³-hybridized carbons (Fsp3) is 0.643. The van der Waals surface area contributed by atoms with E-state index in [0.29, 0.717) is 42.1 Å². The minimum Gasteiger partial charge on any atom is -0.356 e. The van der Waals surface area contributed by atoms with E-state index in [1.165, 1.54) is 18.3 Å². The van der Waals surface area contributed by atoms with Crippen LogP contribution < -0.4 is 10.6 Å². The summed E-state index contributed by atoms with van der Waals surface area (Å²) in [5.41, 5.74) is 0. The lowest BCUT2D eigenvalue weighted by atomic mass is 10.0. The standard InChI is InChI=1S/C14H21N3O3S2.ClH/c1-10(18)16-5-4-13-2-3-14(21-13)22(19,20)17-8-11-6-15-7-12(11)9-17;/h2-3,11-12,15H,4-9H2,1H3,(H,16,18);1H/t11-,12+;. The Morgan fingerprint density at radius 1 is 1.35 bits per heavy atom. The second-order valence-corrected chi connectivity index (χ2v) is 9.29. The largest absolute Gasteiger partial charge is 0.356 e. The lowest BCUT2D eigenvalue weighted by molar-refractivity contribution is -0.118. The number of rotatable bonds is 5. The predicted molar refractivity (Wildman–Crippen MR) is 92.6 cm³/mol. The molecule has 0 saturated carbocycles. The summed E-state index contributed by atoms with van der Waals surface area (Å²) >= 11 is 1.31. The highest BCUT2D eigenvalue weighted by Crippen LogP contribution is 2.33. The molecule has 130 valence electrons. The number of carbonyl (C=O) groups excluding carboxylic acids is 1. The third kappa shape index (κ3) is 4.06. The molecule has 2 N–H and O–H groups in total. The SMILES string of the molecule is CC(=O)NCCc1ccc(S(=O)(=O)N2C[C@H]3CNC[C@H]3C2)s1.Cl. The van der Waals surface area contributed by atoms with E-state index in [0.717, 1.165) is 18.0 Å². The lowest BCUT2D eigenvalue weighted by Crippen LogP contribution is -2.31. The summed E-state index contributed by atoms with van der Waals surface area (Å²) in [6.45, 7) is 5.10. The van der Waals surface area contributed by atoms with Crippen LogP contribution in [0, 0.1) is 11.8 Å². The number of halogens is 1. The first-order valence-corrected chi connectivity index (χ1v) is 9.76. The van der Waals surface area contributed by atoms with Crippen molar-refractivity contribution in [2.45, 2.75) is 17.6 Å². The van der Waals surface area contributed by atoms with Gasteiger partial charge < -0.3 is 10.6 Å². The van der Waals surface area contributed by atoms with E-state index in [-0.39, 0.29) is 18.3 Å². The van der Waals surface area contributed by atoms with Gasteiger partial charge in [-0.25, -0.2) is 8.42 Å². The number of nitrogens with zero attached hydrogens (tertiary/aromatic N) is 1. The number of carbonyl (C=O) groups is 1. The van der Waals surface area contributed by atoms with Gasteiger partial charge in [0.05, 0.1) is 0 Å². The molecule has 0 radical (unpaired) electrons. The molecule has 0 bridgehead atoms. The molecule has 23 heavy (non-hydrogen) atoms. The van der Waals surface area contributed by atoms with E-state index >= 15 is 0 Å². The molecule has 3 rings (SSSR count). The van der Waals surface area contributed by atoms with Crippen molar-refractivity contribution in [3.8, 4) is 0 Å². The van der Waals surface area contributed by atoms with Gasteiger partial charge >= 0.3 is 0 Å². The maximum Gasteiger partial charge on any atom is 0.252 e. The second kappa shape index (κ2) is 7.48. The highest BCUT2D eigenvalue weighted by Gasteiger charge is 2.41. The molecule has 2 saturated heterocycles. The fourth-order valence-corrected chi connectivity index (χ4v) is 6.19. The van der Waals surface area contributed by atoms with E-state index < -0.39 is 10.0 Å². The zero-order valence-corrected chi connectivity index (χ0v) is 15.4. The fourth-order valence-electron chi connectivity index (χ4n) is 3.13. The molecular formula is C14H22ClN3O3S2. The van der Waals surface area contributed by atoms with Gasteiger partial charge in [-0.05, 0) is 43.5 Å². The maximum atomic E-state index is 12.7. The van der Waals surface area contributed by atoms with E-state index in [1.54, 1.807) is 10.4 Å². The van der Waals surface area contributed by atoms with Gasteiger partial charge in [-0.3, -0.25) is 4.79 Å². The van der Waals surface area contributed by atoms with E-state index in [2.05, 4.69) is 10.6 Å². The van der Waals surface area contributed by atoms with Gasteiger partial charge in [0, 0.05) is 31.4 Å². The van der Waals surface area contributed by atoms with Crippen molar-refractivity contribution in [3.63, 3.8) is 0 Å². The van der Waals surface area contributed by atoms with Gasteiger partial charge in [-0.1, -0.05) is 0 Å². The van der Waals surface area contributed by atoms with Crippen molar-refractivity contribution in [2.75, 3.05) is 32.7 Å². The minimum absolute atomic E-state index is 0. The smallest absolute Gasteiger partial charge is 0.252 e. The summed E-state index contributed by atoms with van der Waals surface area (Å²) < 4.78 is 27.5. The van der Waals surface area contributed by atoms with Gasteiger partial charge in [-0.2, -0.15) is 4.31 Å². The van der Waals surface area contributed by atoms with E-state index in [4.69, 9.17) is 0 Å².